The Morgan fingerprint density at radius 3 is 2.70 bits per heavy atom. The second kappa shape index (κ2) is 9.09. The highest BCUT2D eigenvalue weighted by atomic mass is 35.5. The van der Waals surface area contributed by atoms with Crippen LogP contribution in [-0.4, -0.2) is 39.4 Å². The molecule has 6 nitrogen and oxygen atoms in total. The molecule has 3 rings (SSSR count). The zero-order chi connectivity index (χ0) is 19.1. The first-order valence-electron chi connectivity index (χ1n) is 8.57. The number of nitrogens with one attached hydrogen (secondary N) is 1. The molecule has 0 spiro atoms. The SMILES string of the molecule is CN(CCc1ccncc1)C(=O)c1cc(NCc2ccccc2Cl)ncn1. The number of halogens is 1. The molecule has 2 aromatic heterocycles. The third-order valence-electron chi connectivity index (χ3n) is 4.14. The standard InChI is InChI=1S/C20H20ClN5O/c1-26(11-8-15-6-9-22-10-7-15)20(27)18-12-19(25-14-24-18)23-13-16-4-2-3-5-17(16)21/h2-7,9-10,12,14H,8,11,13H2,1H3,(H,23,24,25). The first-order valence-corrected chi connectivity index (χ1v) is 8.95. The van der Waals surface area contributed by atoms with E-state index in [1.54, 1.807) is 30.4 Å². The Morgan fingerprint density at radius 1 is 1.15 bits per heavy atom. The average Bonchev–Trinajstić information content (AvgIpc) is 2.72. The van der Waals surface area contributed by atoms with E-state index in [-0.39, 0.29) is 5.91 Å². The van der Waals surface area contributed by atoms with Crippen molar-refractivity contribution in [3.63, 3.8) is 0 Å². The van der Waals surface area contributed by atoms with Crippen LogP contribution in [-0.2, 0) is 13.0 Å². The van der Waals surface area contributed by atoms with Crippen molar-refractivity contribution in [2.45, 2.75) is 13.0 Å². The predicted octanol–water partition coefficient (Wildman–Crippen LogP) is 3.45. The van der Waals surface area contributed by atoms with Crippen molar-refractivity contribution < 1.29 is 4.79 Å². The van der Waals surface area contributed by atoms with E-state index < -0.39 is 0 Å². The molecule has 1 N–H and O–H groups in total. The molecule has 0 aliphatic heterocycles. The van der Waals surface area contributed by atoms with Crippen LogP contribution in [0.25, 0.3) is 0 Å². The largest absolute Gasteiger partial charge is 0.366 e. The number of rotatable bonds is 7. The molecule has 2 heterocycles. The number of hydrogen-bond donors (Lipinski definition) is 1. The van der Waals surface area contributed by atoms with Gasteiger partial charge in [-0.05, 0) is 35.7 Å². The zero-order valence-corrected chi connectivity index (χ0v) is 15.7. The number of aromatic nitrogens is 3. The van der Waals surface area contributed by atoms with Crippen LogP contribution >= 0.6 is 11.6 Å². The lowest BCUT2D eigenvalue weighted by Crippen LogP contribution is -2.29. The Labute approximate surface area is 163 Å². The number of benzene rings is 1. The number of hydrogen-bond acceptors (Lipinski definition) is 5. The molecule has 3 aromatic rings. The second-order valence-corrected chi connectivity index (χ2v) is 6.47. The summed E-state index contributed by atoms with van der Waals surface area (Å²) in [6, 6.07) is 13.1. The van der Waals surface area contributed by atoms with E-state index in [0.29, 0.717) is 29.6 Å². The van der Waals surface area contributed by atoms with E-state index in [2.05, 4.69) is 20.3 Å². The summed E-state index contributed by atoms with van der Waals surface area (Å²) in [5.74, 6) is 0.433. The average molecular weight is 382 g/mol. The molecule has 1 aromatic carbocycles. The third-order valence-corrected chi connectivity index (χ3v) is 4.50. The van der Waals surface area contributed by atoms with Crippen molar-refractivity contribution in [3.8, 4) is 0 Å². The van der Waals surface area contributed by atoms with Crippen molar-refractivity contribution in [1.29, 1.82) is 0 Å². The van der Waals surface area contributed by atoms with Crippen LogP contribution < -0.4 is 5.32 Å². The summed E-state index contributed by atoms with van der Waals surface area (Å²) in [6.45, 7) is 1.11. The number of carbonyl (C=O) groups is 1. The maximum Gasteiger partial charge on any atom is 0.272 e. The second-order valence-electron chi connectivity index (χ2n) is 6.07. The normalized spacial score (nSPS) is 10.4. The van der Waals surface area contributed by atoms with Crippen molar-refractivity contribution >= 4 is 23.3 Å². The molecule has 7 heteroatoms. The summed E-state index contributed by atoms with van der Waals surface area (Å²) in [7, 11) is 1.77. The lowest BCUT2D eigenvalue weighted by molar-refractivity contribution is 0.0790. The Bertz CT molecular complexity index is 904. The highest BCUT2D eigenvalue weighted by Gasteiger charge is 2.14. The minimum absolute atomic E-state index is 0.146. The van der Waals surface area contributed by atoms with Crippen molar-refractivity contribution in [2.75, 3.05) is 18.9 Å². The summed E-state index contributed by atoms with van der Waals surface area (Å²) >= 11 is 6.16. The van der Waals surface area contributed by atoms with Crippen LogP contribution in [0.3, 0.4) is 0 Å². The van der Waals surface area contributed by atoms with E-state index in [4.69, 9.17) is 11.6 Å². The van der Waals surface area contributed by atoms with Crippen LogP contribution in [0.15, 0.2) is 61.2 Å². The van der Waals surface area contributed by atoms with Crippen molar-refractivity contribution in [1.82, 2.24) is 19.9 Å². The summed E-state index contributed by atoms with van der Waals surface area (Å²) in [5, 5.41) is 3.87. The summed E-state index contributed by atoms with van der Waals surface area (Å²) < 4.78 is 0. The molecule has 0 saturated heterocycles. The van der Waals surface area contributed by atoms with Crippen LogP contribution in [0.5, 0.6) is 0 Å². The van der Waals surface area contributed by atoms with Gasteiger partial charge in [0.15, 0.2) is 0 Å². The zero-order valence-electron chi connectivity index (χ0n) is 15.0. The molecule has 0 aliphatic rings. The van der Waals surface area contributed by atoms with E-state index in [0.717, 1.165) is 17.5 Å². The van der Waals surface area contributed by atoms with E-state index in [1.807, 2.05) is 36.4 Å². The van der Waals surface area contributed by atoms with Gasteiger partial charge in [-0.15, -0.1) is 0 Å². The van der Waals surface area contributed by atoms with Gasteiger partial charge in [-0.25, -0.2) is 9.97 Å². The number of carbonyl (C=O) groups excluding carboxylic acids is 1. The summed E-state index contributed by atoms with van der Waals surface area (Å²) in [4.78, 5) is 26.6. The quantitative estimate of drug-likeness (QED) is 0.678. The Kier molecular flexibility index (Phi) is 6.33. The minimum atomic E-state index is -0.146. The molecule has 0 radical (unpaired) electrons. The number of pyridine rings is 1. The van der Waals surface area contributed by atoms with E-state index in [1.165, 1.54) is 6.33 Å². The fourth-order valence-electron chi connectivity index (χ4n) is 2.54. The molecule has 138 valence electrons. The molecule has 0 aliphatic carbocycles. The highest BCUT2D eigenvalue weighted by Crippen LogP contribution is 2.16. The number of anilines is 1. The Hall–Kier alpha value is -2.99. The lowest BCUT2D eigenvalue weighted by atomic mass is 10.2. The fourth-order valence-corrected chi connectivity index (χ4v) is 2.74. The maximum absolute atomic E-state index is 12.6. The predicted molar refractivity (Wildman–Crippen MR) is 106 cm³/mol. The molecule has 0 atom stereocenters. The molecule has 0 bridgehead atoms. The number of nitrogens with zero attached hydrogens (tertiary/aromatic N) is 4. The fraction of sp³-hybridized carbons (Fsp3) is 0.200. The summed E-state index contributed by atoms with van der Waals surface area (Å²) in [5.41, 5.74) is 2.44. The van der Waals surface area contributed by atoms with Gasteiger partial charge in [-0.2, -0.15) is 0 Å². The third kappa shape index (κ3) is 5.24. The first-order chi connectivity index (χ1) is 13.1. The van der Waals surface area contributed by atoms with Crippen LogP contribution in [0, 0.1) is 0 Å². The van der Waals surface area contributed by atoms with Gasteiger partial charge in [0.2, 0.25) is 0 Å². The van der Waals surface area contributed by atoms with Gasteiger partial charge in [0.25, 0.3) is 5.91 Å². The van der Waals surface area contributed by atoms with Crippen LogP contribution in [0.2, 0.25) is 5.02 Å². The smallest absolute Gasteiger partial charge is 0.272 e. The van der Waals surface area contributed by atoms with E-state index >= 15 is 0 Å². The van der Waals surface area contributed by atoms with Gasteiger partial charge in [0.05, 0.1) is 0 Å². The highest BCUT2D eigenvalue weighted by molar-refractivity contribution is 6.31. The van der Waals surface area contributed by atoms with Gasteiger partial charge < -0.3 is 10.2 Å². The van der Waals surface area contributed by atoms with Gasteiger partial charge in [-0.1, -0.05) is 29.8 Å². The number of amides is 1. The van der Waals surface area contributed by atoms with Gasteiger partial charge in [0.1, 0.15) is 17.8 Å². The lowest BCUT2D eigenvalue weighted by Gasteiger charge is -2.17. The maximum atomic E-state index is 12.6. The van der Waals surface area contributed by atoms with Crippen molar-refractivity contribution in [3.05, 3.63) is 83.0 Å². The van der Waals surface area contributed by atoms with Crippen LogP contribution in [0.4, 0.5) is 5.82 Å². The van der Waals surface area contributed by atoms with Gasteiger partial charge in [0, 0.05) is 43.6 Å². The molecule has 27 heavy (non-hydrogen) atoms. The Morgan fingerprint density at radius 2 is 1.93 bits per heavy atom. The minimum Gasteiger partial charge on any atom is -0.366 e. The summed E-state index contributed by atoms with van der Waals surface area (Å²) in [6.07, 6.45) is 5.64. The molecule has 0 saturated carbocycles. The topological polar surface area (TPSA) is 71.0 Å². The molecule has 1 amide bonds. The Balaban J connectivity index is 1.60. The molecular weight excluding hydrogens is 362 g/mol. The van der Waals surface area contributed by atoms with Crippen LogP contribution in [0.1, 0.15) is 21.6 Å². The van der Waals surface area contributed by atoms with E-state index in [9.17, 15) is 4.79 Å². The van der Waals surface area contributed by atoms with Gasteiger partial charge in [-0.3, -0.25) is 9.78 Å². The monoisotopic (exact) mass is 381 g/mol. The molecule has 0 fully saturated rings. The first kappa shape index (κ1) is 18.8. The molecular formula is C20H20ClN5O. The van der Waals surface area contributed by atoms with Crippen molar-refractivity contribution in [2.24, 2.45) is 0 Å². The van der Waals surface area contributed by atoms with Gasteiger partial charge >= 0.3 is 0 Å². The molecule has 0 unspecified atom stereocenters. The number of likely N-dealkylation sites (N-methyl/N-ethyl adjacent to an activating group) is 1.